The Balaban J connectivity index is 1.81. The smallest absolute Gasteiger partial charge is 0.247 e. The van der Waals surface area contributed by atoms with E-state index in [0.29, 0.717) is 30.1 Å². The molecule has 0 aromatic carbocycles. The van der Waals surface area contributed by atoms with Crippen LogP contribution in [-0.4, -0.2) is 257 Å². The van der Waals surface area contributed by atoms with E-state index in [9.17, 15) is 28.8 Å². The van der Waals surface area contributed by atoms with Gasteiger partial charge < -0.3 is 70.9 Å². The largest absolute Gasteiger partial charge is 0.390 e. The van der Waals surface area contributed by atoms with Gasteiger partial charge in [0.1, 0.15) is 66.5 Å². The van der Waals surface area contributed by atoms with Crippen molar-refractivity contribution in [3.63, 3.8) is 0 Å². The molecule has 0 spiro atoms. The number of allylic oxidation sites excluding steroid dienone is 2. The molecule has 31 heteroatoms. The van der Waals surface area contributed by atoms with Crippen molar-refractivity contribution in [3.05, 3.63) is 42.4 Å². The number of pyridine rings is 1. The van der Waals surface area contributed by atoms with E-state index in [0.717, 1.165) is 20.2 Å². The summed E-state index contributed by atoms with van der Waals surface area (Å²) < 4.78 is 6.29. The Kier molecular flexibility index (Phi) is 34.5. The lowest BCUT2D eigenvalue weighted by molar-refractivity contribution is -0.172. The lowest BCUT2D eigenvalue weighted by Gasteiger charge is -2.45. The monoisotopic (exact) mass is 1460 g/mol. The topological polar surface area (TPSA) is 362 Å². The highest BCUT2D eigenvalue weighted by Crippen LogP contribution is 2.29. The first-order chi connectivity index (χ1) is 48.3. The number of amides is 11. The molecule has 11 amide bonds. The molecule has 30 nitrogen and oxygen atoms in total. The minimum atomic E-state index is -1.45. The number of oxime groups is 1. The van der Waals surface area contributed by atoms with E-state index in [4.69, 9.17) is 20.1 Å². The summed E-state index contributed by atoms with van der Waals surface area (Å²) in [4.78, 5) is 193. The van der Waals surface area contributed by atoms with Crippen LogP contribution in [0.25, 0.3) is 10.4 Å². The van der Waals surface area contributed by atoms with E-state index in [1.165, 1.54) is 99.0 Å². The number of nitrogen functional groups attached to an aromatic ring is 1. The Morgan fingerprint density at radius 3 is 1.77 bits per heavy atom. The molecule has 0 aliphatic carbocycles. The van der Waals surface area contributed by atoms with Crippen LogP contribution in [0.1, 0.15) is 154 Å². The summed E-state index contributed by atoms with van der Waals surface area (Å²) in [5.74, 6) is -9.28. The van der Waals surface area contributed by atoms with Crippen LogP contribution in [0.3, 0.4) is 0 Å². The predicted octanol–water partition coefficient (Wildman–Crippen LogP) is 3.99. The second kappa shape index (κ2) is 40.8. The van der Waals surface area contributed by atoms with Gasteiger partial charge in [-0.25, -0.2) is 4.98 Å². The number of hydrogen-bond donors (Lipinski definition) is 6. The average molecular weight is 1460 g/mol. The molecule has 0 radical (unpaired) electrons. The number of likely N-dealkylation sites (N-methyl/N-ethyl adjacent to an activating group) is 7. The lowest BCUT2D eigenvalue weighted by atomic mass is 9.91. The van der Waals surface area contributed by atoms with E-state index in [2.05, 4.69) is 41.9 Å². The molecular weight excluding hydrogens is 1340 g/mol. The molecule has 2 fully saturated rings. The Bertz CT molecular complexity index is 3260. The lowest BCUT2D eigenvalue weighted by Crippen LogP contribution is -2.68. The van der Waals surface area contributed by atoms with Gasteiger partial charge in [0, 0.05) is 80.1 Å². The first kappa shape index (κ1) is 87.2. The van der Waals surface area contributed by atoms with Crippen LogP contribution in [0.4, 0.5) is 5.13 Å². The third kappa shape index (κ3) is 24.2. The number of ether oxygens (including phenoxy) is 1. The van der Waals surface area contributed by atoms with Gasteiger partial charge in [-0.2, -0.15) is 5.48 Å². The van der Waals surface area contributed by atoms with E-state index in [-0.39, 0.29) is 56.7 Å². The molecule has 2 saturated heterocycles. The Morgan fingerprint density at radius 2 is 1.21 bits per heavy atom. The number of nitrogens with two attached hydrogens (primary N) is 1. The summed E-state index contributed by atoms with van der Waals surface area (Å²) in [6, 6.07) is -10.1. The Labute approximate surface area is 613 Å². The summed E-state index contributed by atoms with van der Waals surface area (Å²) in [6.45, 7) is 25.6. The molecule has 2 bridgehead atoms. The van der Waals surface area contributed by atoms with Gasteiger partial charge in [0.25, 0.3) is 0 Å². The number of anilines is 1. The Morgan fingerprint density at radius 1 is 0.641 bits per heavy atom. The summed E-state index contributed by atoms with van der Waals surface area (Å²) in [5.41, 5.74) is 10.3. The highest BCUT2D eigenvalue weighted by atomic mass is 32.1. The molecular formula is C72H118N16O14S. The Hall–Kier alpha value is -8.16. The number of rotatable bonds is 21. The van der Waals surface area contributed by atoms with Gasteiger partial charge in [0.2, 0.25) is 65.0 Å². The molecule has 2 aliphatic heterocycles. The summed E-state index contributed by atoms with van der Waals surface area (Å²) >= 11 is 1.35. The third-order valence-electron chi connectivity index (χ3n) is 18.8. The second-order valence-corrected chi connectivity index (χ2v) is 30.1. The van der Waals surface area contributed by atoms with Crippen LogP contribution in [0, 0.1) is 29.6 Å². The normalized spacial score (nSPS) is 26.3. The number of fused-ring (bicyclic) bond motifs is 3. The number of nitrogens with zero attached hydrogens (tertiary/aromatic N) is 10. The molecule has 4 rings (SSSR count). The molecule has 2 aliphatic rings. The number of nitrogens with one attached hydrogen (secondary N) is 5. The van der Waals surface area contributed by atoms with Crippen molar-refractivity contribution >= 4 is 87.7 Å². The molecule has 1 unspecified atom stereocenters. The number of carbonyl (C=O) groups excluding carboxylic acids is 11. The number of carbonyl (C=O) groups is 11. The van der Waals surface area contributed by atoms with Crippen molar-refractivity contribution < 1.29 is 67.2 Å². The zero-order valence-electron chi connectivity index (χ0n) is 64.7. The molecule has 103 heavy (non-hydrogen) atoms. The van der Waals surface area contributed by atoms with Gasteiger partial charge in [-0.1, -0.05) is 104 Å². The van der Waals surface area contributed by atoms with Gasteiger partial charge >= 0.3 is 0 Å². The van der Waals surface area contributed by atoms with Gasteiger partial charge in [-0.05, 0) is 115 Å². The van der Waals surface area contributed by atoms with Crippen LogP contribution in [0.15, 0.2) is 41.8 Å². The molecule has 576 valence electrons. The van der Waals surface area contributed by atoms with E-state index >= 15 is 24.0 Å². The van der Waals surface area contributed by atoms with Gasteiger partial charge in [0.15, 0.2) is 11.7 Å². The zero-order chi connectivity index (χ0) is 77.6. The van der Waals surface area contributed by atoms with E-state index in [1.54, 1.807) is 53.2 Å². The molecule has 2 aromatic rings. The number of aromatic nitrogens is 2. The minimum Gasteiger partial charge on any atom is -0.390 e. The van der Waals surface area contributed by atoms with Gasteiger partial charge in [-0.15, -0.1) is 0 Å². The maximum Gasteiger partial charge on any atom is 0.247 e. The second-order valence-electron chi connectivity index (χ2n) is 29.0. The van der Waals surface area contributed by atoms with Crippen molar-refractivity contribution in [3.8, 4) is 10.4 Å². The summed E-state index contributed by atoms with van der Waals surface area (Å²) in [6.07, 6.45) is 8.12. The maximum atomic E-state index is 15.3. The van der Waals surface area contributed by atoms with E-state index < -0.39 is 162 Å². The molecule has 14 atom stereocenters. The van der Waals surface area contributed by atoms with Crippen molar-refractivity contribution in [1.29, 1.82) is 0 Å². The molecule has 7 N–H and O–H groups in total. The van der Waals surface area contributed by atoms with Crippen LogP contribution < -0.4 is 32.5 Å². The standard InChI is InChI=1S/C72H118N16O14S/c1-23-25-28-44(11)61-60-65(93)79-51(24-2)67(95)82(16)38-56(89)86(20)59(48(15)100-32-27-26-31-76-101-39-50-30-29-49(36-74-50)55-37-75-72(73)103-55)64(92)80-57(43(9)10)70(98)83(17)52(33-40(3)4)63(91)77-46(13)62(90)78-47(14)66(94)84(18)53(34-41(5)6)68(96)85(19)54(35-42(7)8)69(97)87(21)58(45(12)81-102-61)71(99)88(60)22/h23,25,29-31,36-37,40-48,51-54,57-61,81H,24,26-28,32-35,38-39H2,1-22H3,(H2,73,75)(H,77,91)(H,78,90)(H,79,93)(H,80,92)/b25-23+,76-31+/t44-,45?,46+,47-,48-,51+,52+,53+,54+,57+,58+,59+,60-,61-/m1/s1. The first-order valence-electron chi connectivity index (χ1n) is 35.8. The number of hydrogen-bond acceptors (Lipinski definition) is 20. The van der Waals surface area contributed by atoms with Crippen LogP contribution in [0.5, 0.6) is 0 Å². The van der Waals surface area contributed by atoms with Gasteiger partial charge in [0.05, 0.1) is 29.3 Å². The fourth-order valence-electron chi connectivity index (χ4n) is 12.5. The molecule has 4 heterocycles. The minimum absolute atomic E-state index is 0.0121. The van der Waals surface area contributed by atoms with E-state index in [1.807, 2.05) is 79.7 Å². The number of unbranched alkanes of at least 4 members (excludes halogenated alkanes) is 1. The SMILES string of the molecule is C/C=C/C[C@@H](C)[C@H]1ONC(C)[C@H]2C(=O)N(C)[C@H]1C(=O)N[C@@H](CC)C(=O)N(C)CC(=O)N(C)[C@@H]([C@@H](C)OCCC/C=N/OCc1ccc(-c3cnc(N)s3)cn1)C(=O)N[C@@H](C(C)C)C(=O)N(C)[C@@H](CC(C)C)C(=O)N[C@@H](C)C(=O)N[C@H](C)C(=O)N(C)[C@@H](CC(C)C)C(=O)N(C)[C@@H](CC(C)C)C(=O)N2C. The van der Waals surface area contributed by atoms with Crippen molar-refractivity contribution in [1.82, 2.24) is 71.0 Å². The quantitative estimate of drug-likeness (QED) is 0.0445. The van der Waals surface area contributed by atoms with Crippen LogP contribution in [-0.2, 0) is 73.8 Å². The fraction of sp³-hybridized carbons (Fsp3) is 0.694. The highest BCUT2D eigenvalue weighted by Gasteiger charge is 2.49. The third-order valence-corrected chi connectivity index (χ3v) is 19.7. The van der Waals surface area contributed by atoms with Crippen LogP contribution in [0.2, 0.25) is 0 Å². The predicted molar refractivity (Wildman–Crippen MR) is 393 cm³/mol. The van der Waals surface area contributed by atoms with Crippen molar-refractivity contribution in [2.45, 2.75) is 234 Å². The maximum absolute atomic E-state index is 15.3. The van der Waals surface area contributed by atoms with Crippen LogP contribution >= 0.6 is 11.3 Å². The molecule has 2 aromatic heterocycles. The van der Waals surface area contributed by atoms with Gasteiger partial charge in [-0.3, -0.25) is 62.6 Å². The zero-order valence-corrected chi connectivity index (χ0v) is 65.5. The van der Waals surface area contributed by atoms with Crippen molar-refractivity contribution in [2.24, 2.45) is 34.7 Å². The fourth-order valence-corrected chi connectivity index (χ4v) is 13.2. The average Bonchev–Trinajstić information content (AvgIpc) is 1.23. The molecule has 0 saturated carbocycles. The first-order valence-corrected chi connectivity index (χ1v) is 36.6. The number of thiazole rings is 1. The summed E-state index contributed by atoms with van der Waals surface area (Å²) in [7, 11) is 9.90. The summed E-state index contributed by atoms with van der Waals surface area (Å²) in [5, 5.41) is 15.6. The highest BCUT2D eigenvalue weighted by molar-refractivity contribution is 7.18. The number of hydroxylamine groups is 1. The van der Waals surface area contributed by atoms with Crippen molar-refractivity contribution in [2.75, 3.05) is 68.2 Å².